The summed E-state index contributed by atoms with van der Waals surface area (Å²) in [6, 6.07) is 7.12. The molecule has 1 fully saturated rings. The van der Waals surface area contributed by atoms with Crippen LogP contribution in [0.15, 0.2) is 29.3 Å². The number of aliphatic imine (C=N–C) groups is 1. The van der Waals surface area contributed by atoms with Crippen molar-refractivity contribution in [2.75, 3.05) is 13.3 Å². The van der Waals surface area contributed by atoms with E-state index in [0.29, 0.717) is 12.6 Å². The van der Waals surface area contributed by atoms with Gasteiger partial charge in [0.25, 0.3) is 0 Å². The number of halogens is 1. The molecule has 2 atom stereocenters. The molecule has 0 aromatic heterocycles. The number of rotatable bonds is 4. The third kappa shape index (κ3) is 4.40. The number of benzene rings is 1. The molecular weight excluding hydrogens is 273 g/mol. The van der Waals surface area contributed by atoms with Crippen molar-refractivity contribution < 1.29 is 4.39 Å². The highest BCUT2D eigenvalue weighted by atomic mass is 32.2. The van der Waals surface area contributed by atoms with Gasteiger partial charge in [-0.2, -0.15) is 11.8 Å². The highest BCUT2D eigenvalue weighted by Gasteiger charge is 2.24. The smallest absolute Gasteiger partial charge is 0.191 e. The van der Waals surface area contributed by atoms with E-state index in [4.69, 9.17) is 0 Å². The van der Waals surface area contributed by atoms with Gasteiger partial charge in [0, 0.05) is 24.9 Å². The lowest BCUT2D eigenvalue weighted by Crippen LogP contribution is -2.42. The fourth-order valence-corrected chi connectivity index (χ4v) is 3.30. The number of guanidine groups is 1. The fourth-order valence-electron chi connectivity index (χ4n) is 2.51. The second kappa shape index (κ2) is 7.53. The Morgan fingerprint density at radius 1 is 1.45 bits per heavy atom. The highest BCUT2D eigenvalue weighted by Crippen LogP contribution is 2.27. The van der Waals surface area contributed by atoms with E-state index in [1.807, 2.05) is 17.8 Å². The van der Waals surface area contributed by atoms with Crippen LogP contribution in [0.25, 0.3) is 0 Å². The van der Waals surface area contributed by atoms with Gasteiger partial charge in [0.2, 0.25) is 0 Å². The first kappa shape index (κ1) is 15.2. The summed E-state index contributed by atoms with van der Waals surface area (Å²) < 4.78 is 13.1. The number of hydrogen-bond donors (Lipinski definition) is 2. The van der Waals surface area contributed by atoms with Crippen molar-refractivity contribution in [3.63, 3.8) is 0 Å². The third-order valence-corrected chi connectivity index (χ3v) is 4.73. The molecule has 0 spiro atoms. The van der Waals surface area contributed by atoms with E-state index in [9.17, 15) is 4.39 Å². The van der Waals surface area contributed by atoms with Gasteiger partial charge in [-0.05, 0) is 43.2 Å². The number of nitrogens with one attached hydrogen (secondary N) is 2. The Labute approximate surface area is 124 Å². The minimum absolute atomic E-state index is 0.203. The highest BCUT2D eigenvalue weighted by molar-refractivity contribution is 7.99. The SMILES string of the molecule is CN=C(NCc1cccc(F)c1)NC1CCC(SC)C1. The van der Waals surface area contributed by atoms with Gasteiger partial charge in [-0.1, -0.05) is 12.1 Å². The standard InChI is InChI=1S/C15H22FN3S/c1-17-15(19-13-6-7-14(9-13)20-2)18-10-11-4-3-5-12(16)8-11/h3-5,8,13-14H,6-7,9-10H2,1-2H3,(H2,17,18,19). The topological polar surface area (TPSA) is 36.4 Å². The molecular formula is C15H22FN3S. The molecule has 110 valence electrons. The molecule has 1 aromatic carbocycles. The Balaban J connectivity index is 1.81. The van der Waals surface area contributed by atoms with Crippen molar-refractivity contribution in [3.05, 3.63) is 35.6 Å². The van der Waals surface area contributed by atoms with Crippen LogP contribution in [-0.4, -0.2) is 30.6 Å². The molecule has 1 aliphatic carbocycles. The molecule has 2 N–H and O–H groups in total. The summed E-state index contributed by atoms with van der Waals surface area (Å²) >= 11 is 1.94. The van der Waals surface area contributed by atoms with E-state index < -0.39 is 0 Å². The summed E-state index contributed by atoms with van der Waals surface area (Å²) in [5, 5.41) is 7.44. The molecule has 1 aromatic rings. The predicted octanol–water partition coefficient (Wildman–Crippen LogP) is 2.77. The van der Waals surface area contributed by atoms with Crippen molar-refractivity contribution in [1.29, 1.82) is 0 Å². The van der Waals surface area contributed by atoms with Gasteiger partial charge in [0.15, 0.2) is 5.96 Å². The number of hydrogen-bond acceptors (Lipinski definition) is 2. The molecule has 5 heteroatoms. The van der Waals surface area contributed by atoms with E-state index in [2.05, 4.69) is 21.9 Å². The second-order valence-corrected chi connectivity index (χ2v) is 6.21. The molecule has 2 unspecified atom stereocenters. The van der Waals surface area contributed by atoms with Crippen LogP contribution in [0.3, 0.4) is 0 Å². The molecule has 1 saturated carbocycles. The molecule has 0 amide bonds. The Morgan fingerprint density at radius 2 is 2.30 bits per heavy atom. The third-order valence-electron chi connectivity index (χ3n) is 3.63. The zero-order valence-electron chi connectivity index (χ0n) is 12.0. The van der Waals surface area contributed by atoms with Crippen LogP contribution >= 0.6 is 11.8 Å². The van der Waals surface area contributed by atoms with Crippen LogP contribution in [0, 0.1) is 5.82 Å². The van der Waals surface area contributed by atoms with Crippen LogP contribution in [0.2, 0.25) is 0 Å². The number of thioether (sulfide) groups is 1. The van der Waals surface area contributed by atoms with Crippen LogP contribution in [0.5, 0.6) is 0 Å². The maximum Gasteiger partial charge on any atom is 0.191 e. The first-order valence-corrected chi connectivity index (χ1v) is 8.24. The lowest BCUT2D eigenvalue weighted by molar-refractivity contribution is 0.611. The van der Waals surface area contributed by atoms with Crippen molar-refractivity contribution in [2.45, 2.75) is 37.1 Å². The van der Waals surface area contributed by atoms with E-state index in [1.165, 1.54) is 25.3 Å². The Bertz CT molecular complexity index is 464. The van der Waals surface area contributed by atoms with Crippen molar-refractivity contribution in [2.24, 2.45) is 4.99 Å². The monoisotopic (exact) mass is 295 g/mol. The zero-order valence-corrected chi connectivity index (χ0v) is 12.8. The summed E-state index contributed by atoms with van der Waals surface area (Å²) in [7, 11) is 1.77. The van der Waals surface area contributed by atoms with Crippen LogP contribution in [0.4, 0.5) is 4.39 Å². The van der Waals surface area contributed by atoms with Gasteiger partial charge < -0.3 is 10.6 Å². The minimum atomic E-state index is -0.203. The molecule has 0 bridgehead atoms. The summed E-state index contributed by atoms with van der Waals surface area (Å²) in [6.07, 6.45) is 5.80. The Hall–Kier alpha value is -1.23. The summed E-state index contributed by atoms with van der Waals surface area (Å²) in [5.74, 6) is 0.590. The van der Waals surface area contributed by atoms with Crippen LogP contribution in [-0.2, 0) is 6.54 Å². The Morgan fingerprint density at radius 3 is 2.95 bits per heavy atom. The van der Waals surface area contributed by atoms with Crippen molar-refractivity contribution in [1.82, 2.24) is 10.6 Å². The maximum atomic E-state index is 13.1. The van der Waals surface area contributed by atoms with E-state index in [1.54, 1.807) is 19.2 Å². The average molecular weight is 295 g/mol. The normalized spacial score (nSPS) is 22.9. The van der Waals surface area contributed by atoms with Crippen molar-refractivity contribution in [3.8, 4) is 0 Å². The van der Waals surface area contributed by atoms with Gasteiger partial charge in [-0.25, -0.2) is 4.39 Å². The molecule has 2 rings (SSSR count). The van der Waals surface area contributed by atoms with Gasteiger partial charge in [0.05, 0.1) is 0 Å². The number of nitrogens with zero attached hydrogens (tertiary/aromatic N) is 1. The predicted molar refractivity (Wildman–Crippen MR) is 84.7 cm³/mol. The summed E-state index contributed by atoms with van der Waals surface area (Å²) in [5.41, 5.74) is 0.918. The molecule has 1 aliphatic rings. The molecule has 3 nitrogen and oxygen atoms in total. The largest absolute Gasteiger partial charge is 0.354 e. The molecule has 20 heavy (non-hydrogen) atoms. The Kier molecular flexibility index (Phi) is 5.71. The van der Waals surface area contributed by atoms with Crippen LogP contribution < -0.4 is 10.6 Å². The van der Waals surface area contributed by atoms with Crippen molar-refractivity contribution >= 4 is 17.7 Å². The quantitative estimate of drug-likeness (QED) is 0.662. The lowest BCUT2D eigenvalue weighted by atomic mass is 10.2. The maximum absolute atomic E-state index is 13.1. The lowest BCUT2D eigenvalue weighted by Gasteiger charge is -2.17. The zero-order chi connectivity index (χ0) is 14.4. The van der Waals surface area contributed by atoms with Gasteiger partial charge in [-0.15, -0.1) is 0 Å². The van der Waals surface area contributed by atoms with Gasteiger partial charge in [-0.3, -0.25) is 4.99 Å². The summed E-state index contributed by atoms with van der Waals surface area (Å²) in [6.45, 7) is 0.579. The van der Waals surface area contributed by atoms with Gasteiger partial charge >= 0.3 is 0 Å². The summed E-state index contributed by atoms with van der Waals surface area (Å²) in [4.78, 5) is 4.23. The molecule has 0 saturated heterocycles. The fraction of sp³-hybridized carbons (Fsp3) is 0.533. The van der Waals surface area contributed by atoms with Gasteiger partial charge in [0.1, 0.15) is 5.82 Å². The van der Waals surface area contributed by atoms with E-state index in [0.717, 1.165) is 16.8 Å². The average Bonchev–Trinajstić information content (AvgIpc) is 2.91. The molecule has 0 heterocycles. The first-order valence-electron chi connectivity index (χ1n) is 6.95. The molecule has 0 radical (unpaired) electrons. The van der Waals surface area contributed by atoms with E-state index >= 15 is 0 Å². The molecule has 0 aliphatic heterocycles. The second-order valence-electron chi connectivity index (χ2n) is 5.07. The minimum Gasteiger partial charge on any atom is -0.354 e. The van der Waals surface area contributed by atoms with E-state index in [-0.39, 0.29) is 5.82 Å². The first-order chi connectivity index (χ1) is 9.71. The van der Waals surface area contributed by atoms with Crippen LogP contribution in [0.1, 0.15) is 24.8 Å².